The summed E-state index contributed by atoms with van der Waals surface area (Å²) in [7, 11) is -2.51. The second-order valence-corrected chi connectivity index (χ2v) is 19.3. The van der Waals surface area contributed by atoms with Crippen LogP contribution in [-0.4, -0.2) is 11.3 Å². The number of aryl methyl sites for hydroxylation is 3. The zero-order valence-electron chi connectivity index (χ0n) is 36.3. The summed E-state index contributed by atoms with van der Waals surface area (Å²) in [6.07, 6.45) is 37.7. The third-order valence-corrected chi connectivity index (χ3v) is 14.9. The van der Waals surface area contributed by atoms with Gasteiger partial charge in [-0.15, -0.1) is 0 Å². The highest BCUT2D eigenvalue weighted by molar-refractivity contribution is 8.30. The van der Waals surface area contributed by atoms with Gasteiger partial charge >= 0.3 is 6.16 Å². The summed E-state index contributed by atoms with van der Waals surface area (Å²) in [6, 6.07) is 26.1. The first-order chi connectivity index (χ1) is 27.5. The molecule has 314 valence electrons. The number of carbonyl (C=O) groups is 1. The molecule has 0 aliphatic carbocycles. The summed E-state index contributed by atoms with van der Waals surface area (Å²) >= 11 is 0. The van der Waals surface area contributed by atoms with Gasteiger partial charge in [-0.1, -0.05) is 211 Å². The Morgan fingerprint density at radius 3 is 0.804 bits per heavy atom. The van der Waals surface area contributed by atoms with Crippen molar-refractivity contribution in [3.63, 3.8) is 0 Å². The molecule has 0 heterocycles. The van der Waals surface area contributed by atoms with Gasteiger partial charge in [0.25, 0.3) is 0 Å². The van der Waals surface area contributed by atoms with E-state index in [1.54, 1.807) is 0 Å². The highest BCUT2D eigenvalue weighted by Crippen LogP contribution is 2.69. The van der Waals surface area contributed by atoms with Crippen molar-refractivity contribution in [3.05, 3.63) is 89.5 Å². The van der Waals surface area contributed by atoms with Crippen molar-refractivity contribution in [2.24, 2.45) is 0 Å². The molecule has 0 aliphatic rings. The molecule has 0 radical (unpaired) electrons. The largest absolute Gasteiger partial charge is 0.517 e. The van der Waals surface area contributed by atoms with Gasteiger partial charge in [0.2, 0.25) is 0 Å². The molecule has 3 aromatic carbocycles. The van der Waals surface area contributed by atoms with E-state index in [4.69, 9.17) is 4.18 Å². The molecule has 0 bridgehead atoms. The lowest BCUT2D eigenvalue weighted by Gasteiger charge is -2.39. The smallest absolute Gasteiger partial charge is 0.449 e. The Labute approximate surface area is 346 Å². The van der Waals surface area contributed by atoms with Crippen LogP contribution in [0.15, 0.2) is 87.5 Å². The molecule has 0 spiro atoms. The molecule has 0 saturated carbocycles. The summed E-state index contributed by atoms with van der Waals surface area (Å²) in [5, 5.41) is 10.3. The molecule has 0 saturated heterocycles. The minimum absolute atomic E-state index is 0.939. The second-order valence-electron chi connectivity index (χ2n) is 16.6. The number of hydrogen-bond acceptors (Lipinski definition) is 2. The predicted octanol–water partition coefficient (Wildman–Crippen LogP) is 17.8. The molecule has 0 unspecified atom stereocenters. The molecule has 56 heavy (non-hydrogen) atoms. The molecule has 3 rings (SSSR count). The highest BCUT2D eigenvalue weighted by Gasteiger charge is 2.36. The van der Waals surface area contributed by atoms with E-state index in [9.17, 15) is 9.90 Å². The molecule has 0 aromatic heterocycles. The lowest BCUT2D eigenvalue weighted by atomic mass is 10.0. The summed E-state index contributed by atoms with van der Waals surface area (Å²) in [5.41, 5.74) is 3.94. The van der Waals surface area contributed by atoms with Crippen molar-refractivity contribution in [1.82, 2.24) is 0 Å². The molecule has 0 fully saturated rings. The Balaban J connectivity index is 1.71. The van der Waals surface area contributed by atoms with Crippen LogP contribution in [0.1, 0.15) is 211 Å². The molecule has 3 aromatic rings. The van der Waals surface area contributed by atoms with Crippen molar-refractivity contribution >= 4 is 16.5 Å². The van der Waals surface area contributed by atoms with Crippen molar-refractivity contribution in [2.75, 3.05) is 0 Å². The van der Waals surface area contributed by atoms with E-state index < -0.39 is 16.5 Å². The standard InChI is InChI=1S/C52H82O3S/c1-4-7-10-13-16-19-22-25-28-31-46-34-40-49(41-35-46)56(55-52(53)54,50-42-36-47(37-43-50)32-29-26-23-20-17-14-11-8-5-2)51-44-38-48(39-45-51)33-30-27-24-21-18-15-12-9-6-3/h34-45H,4-33H2,1-3H3,(H,53,54). The quantitative estimate of drug-likeness (QED) is 0.0613. The zero-order valence-corrected chi connectivity index (χ0v) is 37.1. The van der Waals surface area contributed by atoms with E-state index in [0.717, 1.165) is 33.9 Å². The average Bonchev–Trinajstić information content (AvgIpc) is 3.21. The summed E-state index contributed by atoms with van der Waals surface area (Å²) in [4.78, 5) is 15.5. The first-order valence-electron chi connectivity index (χ1n) is 23.6. The van der Waals surface area contributed by atoms with E-state index in [2.05, 4.69) is 93.6 Å². The Hall–Kier alpha value is -2.72. The van der Waals surface area contributed by atoms with E-state index in [1.165, 1.54) is 190 Å². The number of benzene rings is 3. The van der Waals surface area contributed by atoms with Crippen LogP contribution >= 0.6 is 10.3 Å². The van der Waals surface area contributed by atoms with Crippen LogP contribution in [-0.2, 0) is 23.4 Å². The van der Waals surface area contributed by atoms with Gasteiger partial charge < -0.3 is 9.29 Å². The maximum atomic E-state index is 12.6. The molecule has 4 heteroatoms. The van der Waals surface area contributed by atoms with Crippen molar-refractivity contribution in [2.45, 2.75) is 228 Å². The van der Waals surface area contributed by atoms with Crippen LogP contribution in [0, 0.1) is 0 Å². The van der Waals surface area contributed by atoms with Crippen LogP contribution in [0.5, 0.6) is 0 Å². The van der Waals surface area contributed by atoms with E-state index >= 15 is 0 Å². The van der Waals surface area contributed by atoms with Crippen LogP contribution in [0.3, 0.4) is 0 Å². The minimum Gasteiger partial charge on any atom is -0.449 e. The molecule has 1 N–H and O–H groups in total. The molecular weight excluding hydrogens is 705 g/mol. The SMILES string of the molecule is CCCCCCCCCCCc1ccc(S(OC(=O)O)(c2ccc(CCCCCCCCCCC)cc2)c2ccc(CCCCCCCCCCC)cc2)cc1. The predicted molar refractivity (Wildman–Crippen MR) is 244 cm³/mol. The fraction of sp³-hybridized carbons (Fsp3) is 0.635. The lowest BCUT2D eigenvalue weighted by molar-refractivity contribution is 0.150. The monoisotopic (exact) mass is 787 g/mol. The second kappa shape index (κ2) is 30.4. The normalized spacial score (nSPS) is 11.9. The van der Waals surface area contributed by atoms with Gasteiger partial charge in [0.15, 0.2) is 0 Å². The Kier molecular flexibility index (Phi) is 25.8. The fourth-order valence-corrected chi connectivity index (χ4v) is 11.0. The zero-order chi connectivity index (χ0) is 39.9. The topological polar surface area (TPSA) is 46.5 Å². The molecule has 3 nitrogen and oxygen atoms in total. The van der Waals surface area contributed by atoms with Crippen LogP contribution < -0.4 is 0 Å². The maximum Gasteiger partial charge on any atom is 0.517 e. The van der Waals surface area contributed by atoms with E-state index in [0.29, 0.717) is 0 Å². The van der Waals surface area contributed by atoms with Gasteiger partial charge in [-0.2, -0.15) is 0 Å². The van der Waals surface area contributed by atoms with Crippen LogP contribution in [0.25, 0.3) is 0 Å². The third kappa shape index (κ3) is 18.7. The Morgan fingerprint density at radius 1 is 0.375 bits per heavy atom. The Morgan fingerprint density at radius 2 is 0.589 bits per heavy atom. The fourth-order valence-electron chi connectivity index (χ4n) is 8.12. The van der Waals surface area contributed by atoms with Gasteiger partial charge in [0, 0.05) is 14.7 Å². The number of rotatable bonds is 34. The molecule has 0 atom stereocenters. The Bertz CT molecular complexity index is 1220. The number of carboxylic acid groups (broad SMARTS) is 1. The summed E-state index contributed by atoms with van der Waals surface area (Å²) in [6.45, 7) is 6.83. The number of hydrogen-bond donors (Lipinski definition) is 1. The molecule has 0 aliphatic heterocycles. The summed E-state index contributed by atoms with van der Waals surface area (Å²) in [5.74, 6) is 0. The molecular formula is C52H82O3S. The third-order valence-electron chi connectivity index (χ3n) is 11.7. The minimum atomic E-state index is -2.51. The molecule has 0 amide bonds. The van der Waals surface area contributed by atoms with Crippen LogP contribution in [0.2, 0.25) is 0 Å². The van der Waals surface area contributed by atoms with Gasteiger partial charge in [0.05, 0.1) is 0 Å². The maximum absolute atomic E-state index is 12.6. The van der Waals surface area contributed by atoms with Gasteiger partial charge in [-0.05, 0) is 102 Å². The van der Waals surface area contributed by atoms with E-state index in [-0.39, 0.29) is 0 Å². The van der Waals surface area contributed by atoms with Gasteiger partial charge in [0.1, 0.15) is 0 Å². The average molecular weight is 787 g/mol. The summed E-state index contributed by atoms with van der Waals surface area (Å²) < 4.78 is 6.20. The lowest BCUT2D eigenvalue weighted by Crippen LogP contribution is -2.12. The van der Waals surface area contributed by atoms with Crippen molar-refractivity contribution < 1.29 is 14.1 Å². The van der Waals surface area contributed by atoms with E-state index in [1.807, 2.05) is 0 Å². The first-order valence-corrected chi connectivity index (χ1v) is 25.1. The highest BCUT2D eigenvalue weighted by atomic mass is 32.3. The van der Waals surface area contributed by atoms with Gasteiger partial charge in [-0.25, -0.2) is 4.79 Å². The number of unbranched alkanes of at least 4 members (excludes halogenated alkanes) is 24. The first kappa shape index (κ1) is 47.7. The van der Waals surface area contributed by atoms with Crippen molar-refractivity contribution in [1.29, 1.82) is 0 Å². The van der Waals surface area contributed by atoms with Gasteiger partial charge in [-0.3, -0.25) is 0 Å². The van der Waals surface area contributed by atoms with Crippen molar-refractivity contribution in [3.8, 4) is 0 Å². The van der Waals surface area contributed by atoms with Crippen LogP contribution in [0.4, 0.5) is 4.79 Å².